The Bertz CT molecular complexity index is 584. The summed E-state index contributed by atoms with van der Waals surface area (Å²) in [5.41, 5.74) is 0. The van der Waals surface area contributed by atoms with Gasteiger partial charge in [0.2, 0.25) is 10.0 Å². The third kappa shape index (κ3) is 3.62. The van der Waals surface area contributed by atoms with Crippen LogP contribution in [-0.4, -0.2) is 38.4 Å². The van der Waals surface area contributed by atoms with Gasteiger partial charge in [-0.1, -0.05) is 0 Å². The topological polar surface area (TPSA) is 49.4 Å². The predicted octanol–water partition coefficient (Wildman–Crippen LogP) is 1.98. The summed E-state index contributed by atoms with van der Waals surface area (Å²) in [5, 5.41) is 3.47. The number of piperidine rings is 1. The molecule has 0 amide bonds. The van der Waals surface area contributed by atoms with E-state index in [0.29, 0.717) is 25.0 Å². The van der Waals surface area contributed by atoms with Crippen molar-refractivity contribution in [2.75, 3.05) is 19.6 Å². The quantitative estimate of drug-likeness (QED) is 0.904. The summed E-state index contributed by atoms with van der Waals surface area (Å²) in [6.07, 6.45) is 4.43. The van der Waals surface area contributed by atoms with Gasteiger partial charge in [0.1, 0.15) is 5.82 Å². The fourth-order valence-electron chi connectivity index (χ4n) is 2.79. The van der Waals surface area contributed by atoms with Crippen molar-refractivity contribution in [2.24, 2.45) is 5.92 Å². The van der Waals surface area contributed by atoms with Crippen LogP contribution < -0.4 is 5.32 Å². The van der Waals surface area contributed by atoms with E-state index in [2.05, 4.69) is 5.32 Å². The summed E-state index contributed by atoms with van der Waals surface area (Å²) in [6.45, 7) is 2.00. The van der Waals surface area contributed by atoms with Gasteiger partial charge in [-0.3, -0.25) is 0 Å². The fraction of sp³-hybridized carbons (Fsp3) is 0.600. The first-order valence-electron chi connectivity index (χ1n) is 7.55. The number of benzene rings is 1. The Balaban J connectivity index is 1.67. The van der Waals surface area contributed by atoms with Gasteiger partial charge in [-0.05, 0) is 62.4 Å². The van der Waals surface area contributed by atoms with E-state index in [1.54, 1.807) is 4.31 Å². The number of sulfonamides is 1. The fourth-order valence-corrected chi connectivity index (χ4v) is 4.34. The van der Waals surface area contributed by atoms with Crippen LogP contribution >= 0.6 is 0 Å². The first-order valence-corrected chi connectivity index (χ1v) is 8.99. The molecule has 0 radical (unpaired) electrons. The van der Waals surface area contributed by atoms with Crippen LogP contribution in [-0.2, 0) is 10.0 Å². The molecule has 2 aliphatic rings. The molecule has 1 aromatic rings. The molecular weight excluding hydrogens is 291 g/mol. The van der Waals surface area contributed by atoms with Crippen molar-refractivity contribution < 1.29 is 12.8 Å². The van der Waals surface area contributed by atoms with Gasteiger partial charge in [0, 0.05) is 19.1 Å². The smallest absolute Gasteiger partial charge is 0.243 e. The number of nitrogens with zero attached hydrogens (tertiary/aromatic N) is 1. The molecule has 3 rings (SSSR count). The maximum atomic E-state index is 12.9. The molecule has 2 fully saturated rings. The Morgan fingerprint density at radius 3 is 2.57 bits per heavy atom. The zero-order chi connectivity index (χ0) is 14.9. The predicted molar refractivity (Wildman–Crippen MR) is 78.9 cm³/mol. The molecule has 4 nitrogen and oxygen atoms in total. The van der Waals surface area contributed by atoms with E-state index < -0.39 is 15.8 Å². The monoisotopic (exact) mass is 312 g/mol. The normalized spacial score (nSPS) is 24.1. The minimum atomic E-state index is -3.50. The van der Waals surface area contributed by atoms with Crippen LogP contribution in [0.3, 0.4) is 0 Å². The molecule has 1 aliphatic heterocycles. The molecule has 1 atom stereocenters. The molecule has 21 heavy (non-hydrogen) atoms. The zero-order valence-electron chi connectivity index (χ0n) is 12.0. The van der Waals surface area contributed by atoms with Gasteiger partial charge in [0.05, 0.1) is 4.90 Å². The Hall–Kier alpha value is -0.980. The van der Waals surface area contributed by atoms with Gasteiger partial charge >= 0.3 is 0 Å². The Labute approximate surface area is 125 Å². The van der Waals surface area contributed by atoms with Crippen molar-refractivity contribution in [1.82, 2.24) is 9.62 Å². The molecule has 0 bridgehead atoms. The Kier molecular flexibility index (Phi) is 4.28. The summed E-state index contributed by atoms with van der Waals surface area (Å²) in [5.74, 6) is -0.0475. The number of hydrogen-bond acceptors (Lipinski definition) is 3. The van der Waals surface area contributed by atoms with Crippen LogP contribution in [0.15, 0.2) is 29.2 Å². The second kappa shape index (κ2) is 6.02. The molecule has 0 aromatic heterocycles. The Morgan fingerprint density at radius 2 is 1.90 bits per heavy atom. The zero-order valence-corrected chi connectivity index (χ0v) is 12.8. The lowest BCUT2D eigenvalue weighted by Crippen LogP contribution is -2.43. The highest BCUT2D eigenvalue weighted by atomic mass is 32.2. The lowest BCUT2D eigenvalue weighted by Gasteiger charge is -2.32. The number of rotatable bonds is 5. The highest BCUT2D eigenvalue weighted by Crippen LogP contribution is 2.25. The van der Waals surface area contributed by atoms with Gasteiger partial charge < -0.3 is 5.32 Å². The largest absolute Gasteiger partial charge is 0.314 e. The van der Waals surface area contributed by atoms with Crippen LogP contribution in [0.2, 0.25) is 0 Å². The van der Waals surface area contributed by atoms with Crippen LogP contribution in [0.1, 0.15) is 25.7 Å². The van der Waals surface area contributed by atoms with Crippen molar-refractivity contribution in [2.45, 2.75) is 36.6 Å². The van der Waals surface area contributed by atoms with E-state index in [4.69, 9.17) is 0 Å². The molecule has 6 heteroatoms. The molecule has 1 N–H and O–H groups in total. The van der Waals surface area contributed by atoms with E-state index in [9.17, 15) is 12.8 Å². The second-order valence-corrected chi connectivity index (χ2v) is 7.95. The highest BCUT2D eigenvalue weighted by molar-refractivity contribution is 7.89. The van der Waals surface area contributed by atoms with E-state index in [-0.39, 0.29) is 4.90 Å². The van der Waals surface area contributed by atoms with Gasteiger partial charge in [0.15, 0.2) is 0 Å². The maximum absolute atomic E-state index is 12.9. The van der Waals surface area contributed by atoms with Gasteiger partial charge in [-0.25, -0.2) is 12.8 Å². The average molecular weight is 312 g/mol. The lowest BCUT2D eigenvalue weighted by atomic mass is 10.00. The van der Waals surface area contributed by atoms with Gasteiger partial charge in [-0.2, -0.15) is 4.31 Å². The van der Waals surface area contributed by atoms with Crippen LogP contribution in [0.25, 0.3) is 0 Å². The number of nitrogens with one attached hydrogen (secondary N) is 1. The van der Waals surface area contributed by atoms with E-state index in [0.717, 1.165) is 19.4 Å². The summed E-state index contributed by atoms with van der Waals surface area (Å²) in [4.78, 5) is 0.180. The first-order chi connectivity index (χ1) is 10.1. The van der Waals surface area contributed by atoms with Crippen LogP contribution in [0.4, 0.5) is 4.39 Å². The molecule has 1 aromatic carbocycles. The van der Waals surface area contributed by atoms with Crippen molar-refractivity contribution in [1.29, 1.82) is 0 Å². The SMILES string of the molecule is O=S(=O)(c1ccc(F)cc1)N1CCCC(CNC2CC2)C1. The molecule has 0 spiro atoms. The summed E-state index contributed by atoms with van der Waals surface area (Å²) < 4.78 is 39.6. The van der Waals surface area contributed by atoms with E-state index >= 15 is 0 Å². The van der Waals surface area contributed by atoms with Crippen molar-refractivity contribution in [3.05, 3.63) is 30.1 Å². The standard InChI is InChI=1S/C15H21FN2O2S/c16-13-3-7-15(8-4-13)21(19,20)18-9-1-2-12(11-18)10-17-14-5-6-14/h3-4,7-8,12,14,17H,1-2,5-6,9-11H2. The van der Waals surface area contributed by atoms with Gasteiger partial charge in [0.25, 0.3) is 0 Å². The molecule has 1 saturated heterocycles. The van der Waals surface area contributed by atoms with Crippen molar-refractivity contribution in [3.63, 3.8) is 0 Å². The minimum absolute atomic E-state index is 0.180. The number of hydrogen-bond donors (Lipinski definition) is 1. The van der Waals surface area contributed by atoms with Crippen molar-refractivity contribution >= 4 is 10.0 Å². The Morgan fingerprint density at radius 1 is 1.19 bits per heavy atom. The molecule has 1 unspecified atom stereocenters. The highest BCUT2D eigenvalue weighted by Gasteiger charge is 2.31. The van der Waals surface area contributed by atoms with E-state index in [1.165, 1.54) is 37.1 Å². The number of halogens is 1. The van der Waals surface area contributed by atoms with Crippen molar-refractivity contribution in [3.8, 4) is 0 Å². The minimum Gasteiger partial charge on any atom is -0.314 e. The second-order valence-electron chi connectivity index (χ2n) is 6.01. The molecule has 1 aliphatic carbocycles. The molecule has 1 saturated carbocycles. The third-order valence-corrected chi connectivity index (χ3v) is 6.09. The summed E-state index contributed by atoms with van der Waals surface area (Å²) in [7, 11) is -3.50. The lowest BCUT2D eigenvalue weighted by molar-refractivity contribution is 0.259. The summed E-state index contributed by atoms with van der Waals surface area (Å²) in [6, 6.07) is 5.73. The molecule has 1 heterocycles. The maximum Gasteiger partial charge on any atom is 0.243 e. The average Bonchev–Trinajstić information content (AvgIpc) is 3.30. The van der Waals surface area contributed by atoms with E-state index in [1.807, 2.05) is 0 Å². The van der Waals surface area contributed by atoms with Gasteiger partial charge in [-0.15, -0.1) is 0 Å². The molecule has 116 valence electrons. The molecular formula is C15H21FN2O2S. The summed E-state index contributed by atoms with van der Waals surface area (Å²) >= 11 is 0. The van der Waals surface area contributed by atoms with Crippen LogP contribution in [0.5, 0.6) is 0 Å². The first kappa shape index (κ1) is 14.9. The van der Waals surface area contributed by atoms with Crippen LogP contribution in [0, 0.1) is 11.7 Å². The third-order valence-electron chi connectivity index (χ3n) is 4.21.